The first-order valence-corrected chi connectivity index (χ1v) is 14.4. The van der Waals surface area contributed by atoms with Crippen molar-refractivity contribution in [2.75, 3.05) is 25.4 Å². The number of hydrogen-bond acceptors (Lipinski definition) is 14. The Morgan fingerprint density at radius 1 is 1.30 bits per heavy atom. The number of anilines is 1. The highest BCUT2D eigenvalue weighted by atomic mass is 31.2. The summed E-state index contributed by atoms with van der Waals surface area (Å²) in [6.07, 6.45) is -0.831. The van der Waals surface area contributed by atoms with E-state index in [-0.39, 0.29) is 41.3 Å². The van der Waals surface area contributed by atoms with Crippen molar-refractivity contribution < 1.29 is 43.0 Å². The molecule has 2 saturated heterocycles. The number of hydrogen-bond donors (Lipinski definition) is 7. The molecule has 0 bridgehead atoms. The van der Waals surface area contributed by atoms with E-state index in [4.69, 9.17) is 20.7 Å². The molecule has 0 radical (unpaired) electrons. The van der Waals surface area contributed by atoms with Crippen LogP contribution >= 0.6 is 7.82 Å². The Balaban J connectivity index is 1.19. The lowest BCUT2D eigenvalue weighted by Crippen LogP contribution is -2.43. The smallest absolute Gasteiger partial charge is 0.387 e. The van der Waals surface area contributed by atoms with E-state index in [1.807, 2.05) is 6.92 Å². The SMILES string of the molecule is C[C@@H]1CCN[C@@H]1C(=O)NCCCC[C@H](N)C(=O)OP(=O)(O)OC[C@H]1O[C@@H](n2cnc3c(N)ncnc32)[C@H](O)[C@@H]1O. The van der Waals surface area contributed by atoms with E-state index < -0.39 is 51.0 Å². The minimum absolute atomic E-state index is 0.0701. The predicted molar refractivity (Wildman–Crippen MR) is 138 cm³/mol. The minimum atomic E-state index is -4.93. The lowest BCUT2D eigenvalue weighted by atomic mass is 10.0. The van der Waals surface area contributed by atoms with Crippen molar-refractivity contribution in [1.29, 1.82) is 0 Å². The van der Waals surface area contributed by atoms with E-state index in [9.17, 15) is 29.3 Å². The molecular weight excluding hydrogens is 551 g/mol. The summed E-state index contributed by atoms with van der Waals surface area (Å²) in [5.41, 5.74) is 12.1. The Labute approximate surface area is 229 Å². The molecule has 18 heteroatoms. The van der Waals surface area contributed by atoms with Gasteiger partial charge < -0.3 is 41.6 Å². The maximum atomic E-state index is 12.3. The molecule has 40 heavy (non-hydrogen) atoms. The van der Waals surface area contributed by atoms with Gasteiger partial charge in [-0.05, 0) is 38.1 Å². The van der Waals surface area contributed by atoms with E-state index in [0.717, 1.165) is 13.0 Å². The van der Waals surface area contributed by atoms with Crippen LogP contribution in [0.1, 0.15) is 38.8 Å². The Morgan fingerprint density at radius 3 is 2.80 bits per heavy atom. The fourth-order valence-corrected chi connectivity index (χ4v) is 5.39. The van der Waals surface area contributed by atoms with E-state index in [0.29, 0.717) is 19.4 Å². The number of carbonyl (C=O) groups excluding carboxylic acids is 2. The number of imidazole rings is 1. The lowest BCUT2D eigenvalue weighted by Gasteiger charge is -2.18. The summed E-state index contributed by atoms with van der Waals surface area (Å²) in [4.78, 5) is 46.3. The van der Waals surface area contributed by atoms with Crippen LogP contribution in [-0.4, -0.2) is 96.6 Å². The number of fused-ring (bicyclic) bond motifs is 1. The summed E-state index contributed by atoms with van der Waals surface area (Å²) in [7, 11) is -4.93. The van der Waals surface area contributed by atoms with Crippen LogP contribution in [0.15, 0.2) is 12.7 Å². The van der Waals surface area contributed by atoms with Crippen molar-refractivity contribution >= 4 is 36.7 Å². The third kappa shape index (κ3) is 6.92. The number of aliphatic hydroxyl groups excluding tert-OH is 2. The number of aromatic nitrogens is 4. The van der Waals surface area contributed by atoms with Gasteiger partial charge in [0, 0.05) is 6.54 Å². The molecule has 4 heterocycles. The molecule has 1 unspecified atom stereocenters. The molecule has 2 fully saturated rings. The summed E-state index contributed by atoms with van der Waals surface area (Å²) in [6.45, 7) is 2.53. The molecule has 2 aliphatic rings. The summed E-state index contributed by atoms with van der Waals surface area (Å²) in [5.74, 6) is -0.844. The van der Waals surface area contributed by atoms with Gasteiger partial charge in [0.2, 0.25) is 5.91 Å². The first-order chi connectivity index (χ1) is 19.0. The first kappa shape index (κ1) is 30.2. The van der Waals surface area contributed by atoms with E-state index >= 15 is 0 Å². The van der Waals surface area contributed by atoms with Crippen LogP contribution in [0.3, 0.4) is 0 Å². The summed E-state index contributed by atoms with van der Waals surface area (Å²) < 4.78 is 28.7. The summed E-state index contributed by atoms with van der Waals surface area (Å²) in [5, 5.41) is 26.9. The monoisotopic (exact) mass is 586 g/mol. The predicted octanol–water partition coefficient (Wildman–Crippen LogP) is -1.70. The summed E-state index contributed by atoms with van der Waals surface area (Å²) >= 11 is 0. The number of carbonyl (C=O) groups is 2. The molecule has 2 aromatic heterocycles. The highest BCUT2D eigenvalue weighted by molar-refractivity contribution is 7.48. The molecular formula is C22H35N8O9P. The van der Waals surface area contributed by atoms with Gasteiger partial charge in [-0.25, -0.2) is 24.3 Å². The van der Waals surface area contributed by atoms with E-state index in [2.05, 4.69) is 30.1 Å². The Morgan fingerprint density at radius 2 is 2.08 bits per heavy atom. The van der Waals surface area contributed by atoms with E-state index in [1.165, 1.54) is 17.2 Å². The molecule has 0 spiro atoms. The second-order valence-corrected chi connectivity index (χ2v) is 11.3. The van der Waals surface area contributed by atoms with Crippen LogP contribution < -0.4 is 22.1 Å². The number of nitrogens with zero attached hydrogens (tertiary/aromatic N) is 4. The zero-order chi connectivity index (χ0) is 29.0. The average Bonchev–Trinajstić information content (AvgIpc) is 3.60. The maximum Gasteiger partial charge on any atom is 0.529 e. The van der Waals surface area contributed by atoms with Crippen molar-refractivity contribution in [1.82, 2.24) is 30.2 Å². The average molecular weight is 587 g/mol. The van der Waals surface area contributed by atoms with E-state index in [1.54, 1.807) is 0 Å². The quantitative estimate of drug-likeness (QED) is 0.108. The van der Waals surface area contributed by atoms with Crippen LogP contribution in [0, 0.1) is 5.92 Å². The topological polar surface area (TPSA) is 259 Å². The number of unbranched alkanes of at least 4 members (excludes halogenated alkanes) is 1. The van der Waals surface area contributed by atoms with Crippen LogP contribution in [0.4, 0.5) is 5.82 Å². The normalized spacial score (nSPS) is 28.8. The van der Waals surface area contributed by atoms with Crippen LogP contribution in [0.2, 0.25) is 0 Å². The number of amides is 1. The van der Waals surface area contributed by atoms with Gasteiger partial charge in [-0.3, -0.25) is 18.8 Å². The number of nitrogens with one attached hydrogen (secondary N) is 2. The van der Waals surface area contributed by atoms with Gasteiger partial charge in [-0.2, -0.15) is 0 Å². The molecule has 2 aromatic rings. The largest absolute Gasteiger partial charge is 0.529 e. The van der Waals surface area contributed by atoms with Crippen molar-refractivity contribution in [3.63, 3.8) is 0 Å². The zero-order valence-corrected chi connectivity index (χ0v) is 22.7. The van der Waals surface area contributed by atoms with Gasteiger partial charge >= 0.3 is 13.8 Å². The third-order valence-corrected chi connectivity index (χ3v) is 7.85. The highest BCUT2D eigenvalue weighted by Gasteiger charge is 2.45. The van der Waals surface area contributed by atoms with Gasteiger partial charge in [0.1, 0.15) is 36.2 Å². The number of nitrogens with two attached hydrogens (primary N) is 2. The van der Waals surface area contributed by atoms with Gasteiger partial charge in [0.05, 0.1) is 19.0 Å². The van der Waals surface area contributed by atoms with Gasteiger partial charge in [0.15, 0.2) is 17.7 Å². The van der Waals surface area contributed by atoms with Crippen LogP contribution in [-0.2, 0) is 27.9 Å². The van der Waals surface area contributed by atoms with Gasteiger partial charge in [-0.15, -0.1) is 0 Å². The van der Waals surface area contributed by atoms with Crippen molar-refractivity contribution in [2.45, 2.75) is 69.2 Å². The highest BCUT2D eigenvalue weighted by Crippen LogP contribution is 2.45. The number of nitrogen functional groups attached to an aromatic ring is 1. The maximum absolute atomic E-state index is 12.3. The molecule has 9 N–H and O–H groups in total. The number of phosphoric ester groups is 1. The fraction of sp³-hybridized carbons (Fsp3) is 0.682. The standard InChI is InChI=1S/C22H35N8O9P/c1-11-5-7-25-14(11)20(33)26-6-3-2-4-12(23)22(34)39-40(35,36)37-8-13-16(31)17(32)21(38-13)30-10-29-15-18(24)27-9-28-19(15)30/h9-14,16-17,21,25,31-32H,2-8,23H2,1H3,(H,26,33)(H,35,36)(H2,24,27,28)/t11-,12+,13-,14+,16-,17-,21-/m1/s1. The second kappa shape index (κ2) is 12.8. The van der Waals surface area contributed by atoms with Crippen LogP contribution in [0.5, 0.6) is 0 Å². The molecule has 0 saturated carbocycles. The molecule has 222 valence electrons. The molecule has 4 rings (SSSR count). The molecule has 1 amide bonds. The Kier molecular flexibility index (Phi) is 9.68. The third-order valence-electron chi connectivity index (χ3n) is 6.97. The van der Waals surface area contributed by atoms with Crippen molar-refractivity contribution in [3.05, 3.63) is 12.7 Å². The first-order valence-electron chi connectivity index (χ1n) is 12.9. The molecule has 0 aliphatic carbocycles. The number of ether oxygens (including phenoxy) is 1. The zero-order valence-electron chi connectivity index (χ0n) is 21.8. The lowest BCUT2D eigenvalue weighted by molar-refractivity contribution is -0.138. The number of phosphoric acid groups is 1. The number of aliphatic hydroxyl groups is 2. The fourth-order valence-electron chi connectivity index (χ4n) is 4.64. The molecule has 0 aromatic carbocycles. The summed E-state index contributed by atoms with van der Waals surface area (Å²) in [6, 6.07) is -1.40. The van der Waals surface area contributed by atoms with Crippen molar-refractivity contribution in [3.8, 4) is 0 Å². The van der Waals surface area contributed by atoms with Gasteiger partial charge in [0.25, 0.3) is 0 Å². The van der Waals surface area contributed by atoms with Gasteiger partial charge in [-0.1, -0.05) is 6.92 Å². The molecule has 8 atom stereocenters. The minimum Gasteiger partial charge on any atom is -0.387 e. The Bertz CT molecular complexity index is 1250. The Hall–Kier alpha value is -2.76. The van der Waals surface area contributed by atoms with Crippen LogP contribution in [0.25, 0.3) is 11.2 Å². The molecule has 2 aliphatic heterocycles. The van der Waals surface area contributed by atoms with Crippen molar-refractivity contribution in [2.24, 2.45) is 11.7 Å². The molecule has 17 nitrogen and oxygen atoms in total. The number of rotatable bonds is 12. The second-order valence-electron chi connectivity index (χ2n) is 9.89.